The van der Waals surface area contributed by atoms with E-state index in [4.69, 9.17) is 0 Å². The first-order chi connectivity index (χ1) is 14.5. The maximum Gasteiger partial charge on any atom is 0.313 e. The average Bonchev–Trinajstić information content (AvgIpc) is 3.04. The van der Waals surface area contributed by atoms with Crippen molar-refractivity contribution >= 4 is 23.2 Å². The number of aryl methyl sites for hydroxylation is 2. The summed E-state index contributed by atoms with van der Waals surface area (Å²) in [6, 6.07) is 13.0. The van der Waals surface area contributed by atoms with E-state index in [2.05, 4.69) is 39.8 Å². The molecule has 2 amide bonds. The summed E-state index contributed by atoms with van der Waals surface area (Å²) in [4.78, 5) is 26.3. The van der Waals surface area contributed by atoms with Crippen molar-refractivity contribution in [1.29, 1.82) is 0 Å². The first-order valence-corrected chi connectivity index (χ1v) is 10.7. The third kappa shape index (κ3) is 6.31. The lowest BCUT2D eigenvalue weighted by Gasteiger charge is -2.22. The lowest BCUT2D eigenvalue weighted by atomic mass is 10.1. The molecule has 1 aliphatic heterocycles. The van der Waals surface area contributed by atoms with Gasteiger partial charge < -0.3 is 15.5 Å². The van der Waals surface area contributed by atoms with Crippen molar-refractivity contribution in [3.05, 3.63) is 59.4 Å². The number of carbonyl (C=O) groups excluding carboxylic acids is 2. The fraction of sp³-hybridized carbons (Fsp3) is 0.417. The van der Waals surface area contributed by atoms with Crippen LogP contribution in [0.3, 0.4) is 0 Å². The molecule has 0 radical (unpaired) electrons. The highest BCUT2D eigenvalue weighted by molar-refractivity contribution is 6.39. The molecule has 0 aromatic heterocycles. The molecule has 160 valence electrons. The second-order valence-electron chi connectivity index (χ2n) is 7.85. The number of halogens is 1. The molecular weight excluding hydrogens is 381 g/mol. The molecule has 1 heterocycles. The first-order valence-electron chi connectivity index (χ1n) is 10.7. The van der Waals surface area contributed by atoms with Crippen molar-refractivity contribution in [3.8, 4) is 0 Å². The molecule has 1 fully saturated rings. The highest BCUT2D eigenvalue weighted by atomic mass is 19.1. The second-order valence-corrected chi connectivity index (χ2v) is 7.85. The van der Waals surface area contributed by atoms with Gasteiger partial charge in [-0.1, -0.05) is 31.0 Å². The summed E-state index contributed by atoms with van der Waals surface area (Å²) in [5.41, 5.74) is 3.24. The van der Waals surface area contributed by atoms with E-state index in [1.165, 1.54) is 43.0 Å². The highest BCUT2D eigenvalue weighted by Crippen LogP contribution is 2.20. The summed E-state index contributed by atoms with van der Waals surface area (Å²) in [7, 11) is 0. The van der Waals surface area contributed by atoms with Gasteiger partial charge in [0.05, 0.1) is 0 Å². The molecule has 6 heteroatoms. The van der Waals surface area contributed by atoms with Crippen LogP contribution in [0.4, 0.5) is 15.8 Å². The van der Waals surface area contributed by atoms with E-state index >= 15 is 0 Å². The molecule has 0 saturated carbocycles. The minimum Gasteiger partial charge on any atom is -0.372 e. The van der Waals surface area contributed by atoms with Crippen LogP contribution < -0.4 is 15.5 Å². The van der Waals surface area contributed by atoms with Crippen LogP contribution >= 0.6 is 0 Å². The lowest BCUT2D eigenvalue weighted by molar-refractivity contribution is -0.136. The van der Waals surface area contributed by atoms with E-state index in [9.17, 15) is 14.0 Å². The Morgan fingerprint density at radius 2 is 1.67 bits per heavy atom. The van der Waals surface area contributed by atoms with Crippen LogP contribution in [0.1, 0.15) is 43.2 Å². The molecule has 2 N–H and O–H groups in total. The molecule has 0 atom stereocenters. The Balaban J connectivity index is 1.39. The Morgan fingerprint density at radius 1 is 0.967 bits per heavy atom. The topological polar surface area (TPSA) is 61.4 Å². The van der Waals surface area contributed by atoms with Gasteiger partial charge in [-0.3, -0.25) is 9.59 Å². The number of hydrogen-bond acceptors (Lipinski definition) is 3. The normalized spacial score (nSPS) is 14.1. The minimum absolute atomic E-state index is 0.266. The van der Waals surface area contributed by atoms with Gasteiger partial charge in [0.1, 0.15) is 5.82 Å². The summed E-state index contributed by atoms with van der Waals surface area (Å²) in [5.74, 6) is -1.93. The summed E-state index contributed by atoms with van der Waals surface area (Å²) in [5, 5.41) is 5.03. The number of nitrogens with zero attached hydrogens (tertiary/aromatic N) is 1. The summed E-state index contributed by atoms with van der Waals surface area (Å²) in [6.45, 7) is 4.30. The zero-order valence-electron chi connectivity index (χ0n) is 17.5. The molecule has 5 nitrogen and oxygen atoms in total. The second kappa shape index (κ2) is 10.8. The standard InChI is InChI=1S/C24H30FN3O2/c1-18-8-11-20(17-22(18)25)27-24(30)23(29)26-14-6-7-19-9-12-21(13-10-19)28-15-4-2-3-5-16-28/h8-13,17H,2-7,14-16H2,1H3,(H,26,29)(H,27,30). The van der Waals surface area contributed by atoms with Crippen molar-refractivity contribution in [3.63, 3.8) is 0 Å². The predicted molar refractivity (Wildman–Crippen MR) is 118 cm³/mol. The molecule has 3 rings (SSSR count). The Labute approximate surface area is 177 Å². The van der Waals surface area contributed by atoms with E-state index in [0.29, 0.717) is 12.1 Å². The van der Waals surface area contributed by atoms with Gasteiger partial charge in [0.25, 0.3) is 0 Å². The molecule has 2 aromatic rings. The fourth-order valence-corrected chi connectivity index (χ4v) is 3.64. The molecule has 1 saturated heterocycles. The van der Waals surface area contributed by atoms with Gasteiger partial charge >= 0.3 is 11.8 Å². The maximum absolute atomic E-state index is 13.5. The largest absolute Gasteiger partial charge is 0.372 e. The lowest BCUT2D eigenvalue weighted by Crippen LogP contribution is -2.36. The molecule has 0 bridgehead atoms. The first kappa shape index (κ1) is 21.8. The Bertz CT molecular complexity index is 859. The minimum atomic E-state index is -0.792. The van der Waals surface area contributed by atoms with Crippen LogP contribution in [0.15, 0.2) is 42.5 Å². The highest BCUT2D eigenvalue weighted by Gasteiger charge is 2.14. The van der Waals surface area contributed by atoms with Crippen molar-refractivity contribution in [2.45, 2.75) is 45.4 Å². The van der Waals surface area contributed by atoms with Gasteiger partial charge in [-0.05, 0) is 68.0 Å². The van der Waals surface area contributed by atoms with E-state index in [1.54, 1.807) is 19.1 Å². The monoisotopic (exact) mass is 411 g/mol. The number of anilines is 2. The van der Waals surface area contributed by atoms with Crippen LogP contribution in [0, 0.1) is 12.7 Å². The van der Waals surface area contributed by atoms with Gasteiger partial charge in [0, 0.05) is 31.0 Å². The van der Waals surface area contributed by atoms with Crippen molar-refractivity contribution < 1.29 is 14.0 Å². The Kier molecular flexibility index (Phi) is 7.82. The number of rotatable bonds is 6. The van der Waals surface area contributed by atoms with Crippen molar-refractivity contribution in [2.24, 2.45) is 0 Å². The van der Waals surface area contributed by atoms with E-state index in [0.717, 1.165) is 25.9 Å². The third-order valence-electron chi connectivity index (χ3n) is 5.47. The van der Waals surface area contributed by atoms with Crippen molar-refractivity contribution in [2.75, 3.05) is 29.9 Å². The fourth-order valence-electron chi connectivity index (χ4n) is 3.64. The molecule has 30 heavy (non-hydrogen) atoms. The Hall–Kier alpha value is -2.89. The smallest absolute Gasteiger partial charge is 0.313 e. The molecule has 2 aromatic carbocycles. The van der Waals surface area contributed by atoms with Gasteiger partial charge in [0.2, 0.25) is 0 Å². The SMILES string of the molecule is Cc1ccc(NC(=O)C(=O)NCCCc2ccc(N3CCCCCC3)cc2)cc1F. The van der Waals surface area contributed by atoms with Crippen LogP contribution in [0.2, 0.25) is 0 Å². The summed E-state index contributed by atoms with van der Waals surface area (Å²) < 4.78 is 13.5. The van der Waals surface area contributed by atoms with Gasteiger partial charge in [-0.15, -0.1) is 0 Å². The predicted octanol–water partition coefficient (Wildman–Crippen LogP) is 4.20. The van der Waals surface area contributed by atoms with Crippen molar-refractivity contribution in [1.82, 2.24) is 5.32 Å². The molecular formula is C24H30FN3O2. The zero-order valence-corrected chi connectivity index (χ0v) is 17.5. The van der Waals surface area contributed by atoms with Crippen LogP contribution in [-0.2, 0) is 16.0 Å². The number of nitrogens with one attached hydrogen (secondary N) is 2. The summed E-state index contributed by atoms with van der Waals surface area (Å²) >= 11 is 0. The Morgan fingerprint density at radius 3 is 2.33 bits per heavy atom. The molecule has 1 aliphatic rings. The van der Waals surface area contributed by atoms with Gasteiger partial charge in [-0.2, -0.15) is 0 Å². The van der Waals surface area contributed by atoms with Crippen LogP contribution in [0.25, 0.3) is 0 Å². The van der Waals surface area contributed by atoms with Crippen LogP contribution in [-0.4, -0.2) is 31.4 Å². The number of carbonyl (C=O) groups is 2. The number of benzene rings is 2. The van der Waals surface area contributed by atoms with E-state index in [1.807, 2.05) is 0 Å². The number of hydrogen-bond donors (Lipinski definition) is 2. The van der Waals surface area contributed by atoms with Crippen LogP contribution in [0.5, 0.6) is 0 Å². The van der Waals surface area contributed by atoms with E-state index in [-0.39, 0.29) is 5.69 Å². The van der Waals surface area contributed by atoms with Gasteiger partial charge in [0.15, 0.2) is 0 Å². The molecule has 0 unspecified atom stereocenters. The third-order valence-corrected chi connectivity index (χ3v) is 5.47. The average molecular weight is 412 g/mol. The quantitative estimate of drug-likeness (QED) is 0.553. The maximum atomic E-state index is 13.5. The van der Waals surface area contributed by atoms with Gasteiger partial charge in [-0.25, -0.2) is 4.39 Å². The number of amides is 2. The van der Waals surface area contributed by atoms with E-state index < -0.39 is 17.6 Å². The zero-order chi connectivity index (χ0) is 21.3. The molecule has 0 spiro atoms. The molecule has 0 aliphatic carbocycles. The summed E-state index contributed by atoms with van der Waals surface area (Å²) in [6.07, 6.45) is 6.72.